The number of rotatable bonds is 6. The van der Waals surface area contributed by atoms with Crippen molar-refractivity contribution in [1.82, 2.24) is 4.90 Å². The highest BCUT2D eigenvalue weighted by Crippen LogP contribution is 2.43. The Morgan fingerprint density at radius 3 is 2.37 bits per heavy atom. The molecule has 2 aromatic rings. The Hall–Kier alpha value is -2.53. The van der Waals surface area contributed by atoms with Crippen molar-refractivity contribution in [2.45, 2.75) is 38.3 Å². The summed E-state index contributed by atoms with van der Waals surface area (Å²) in [6.07, 6.45) is 2.55. The number of carbonyl (C=O) groups is 1. The Kier molecular flexibility index (Phi) is 6.01. The number of piperidine rings is 1. The fraction of sp³-hybridized carbons (Fsp3) is 0.409. The highest BCUT2D eigenvalue weighted by atomic mass is 16.5. The SMILES string of the molecule is COc1cccc(OC)c1C(c1cccc(C)c1)N1CCCCC1C(=O)O. The molecule has 1 aliphatic heterocycles. The molecule has 2 unspecified atom stereocenters. The number of aryl methyl sites for hydroxylation is 1. The lowest BCUT2D eigenvalue weighted by Gasteiger charge is -2.40. The molecule has 144 valence electrons. The number of hydrogen-bond acceptors (Lipinski definition) is 4. The van der Waals surface area contributed by atoms with Crippen molar-refractivity contribution in [2.24, 2.45) is 0 Å². The Morgan fingerprint density at radius 1 is 1.11 bits per heavy atom. The molecule has 5 heteroatoms. The molecule has 0 saturated carbocycles. The van der Waals surface area contributed by atoms with Gasteiger partial charge in [-0.2, -0.15) is 0 Å². The first-order valence-corrected chi connectivity index (χ1v) is 9.32. The molecule has 2 aromatic carbocycles. The van der Waals surface area contributed by atoms with E-state index in [0.717, 1.165) is 36.1 Å². The number of benzene rings is 2. The molecule has 1 N–H and O–H groups in total. The molecular weight excluding hydrogens is 342 g/mol. The zero-order valence-electron chi connectivity index (χ0n) is 16.1. The van der Waals surface area contributed by atoms with Crippen LogP contribution in [0.1, 0.15) is 42.0 Å². The first kappa shape index (κ1) is 19.2. The molecule has 2 atom stereocenters. The van der Waals surface area contributed by atoms with Crippen LogP contribution in [0.25, 0.3) is 0 Å². The molecule has 3 rings (SSSR count). The smallest absolute Gasteiger partial charge is 0.320 e. The van der Waals surface area contributed by atoms with Crippen LogP contribution < -0.4 is 9.47 Å². The highest BCUT2D eigenvalue weighted by molar-refractivity contribution is 5.74. The predicted octanol–water partition coefficient (Wildman–Crippen LogP) is 4.04. The van der Waals surface area contributed by atoms with Gasteiger partial charge in [-0.15, -0.1) is 0 Å². The van der Waals surface area contributed by atoms with Crippen molar-refractivity contribution in [3.8, 4) is 11.5 Å². The first-order valence-electron chi connectivity index (χ1n) is 9.32. The number of hydrogen-bond donors (Lipinski definition) is 1. The van der Waals surface area contributed by atoms with Gasteiger partial charge in [0, 0.05) is 0 Å². The number of nitrogens with zero attached hydrogens (tertiary/aromatic N) is 1. The van der Waals surface area contributed by atoms with Crippen LogP contribution in [0.2, 0.25) is 0 Å². The molecule has 0 aliphatic carbocycles. The molecular formula is C22H27NO4. The molecule has 0 aromatic heterocycles. The number of ether oxygens (including phenoxy) is 2. The zero-order chi connectivity index (χ0) is 19.4. The number of aliphatic carboxylic acids is 1. The average Bonchev–Trinajstić information content (AvgIpc) is 2.68. The lowest BCUT2D eigenvalue weighted by atomic mass is 9.90. The predicted molar refractivity (Wildman–Crippen MR) is 105 cm³/mol. The average molecular weight is 369 g/mol. The number of carboxylic acids is 1. The van der Waals surface area contributed by atoms with E-state index < -0.39 is 12.0 Å². The van der Waals surface area contributed by atoms with Crippen molar-refractivity contribution in [3.63, 3.8) is 0 Å². The van der Waals surface area contributed by atoms with E-state index in [1.54, 1.807) is 14.2 Å². The van der Waals surface area contributed by atoms with Crippen LogP contribution in [0, 0.1) is 6.92 Å². The Labute approximate surface area is 160 Å². The zero-order valence-corrected chi connectivity index (χ0v) is 16.1. The van der Waals surface area contributed by atoms with Gasteiger partial charge in [0.2, 0.25) is 0 Å². The van der Waals surface area contributed by atoms with Crippen LogP contribution in [-0.2, 0) is 4.79 Å². The lowest BCUT2D eigenvalue weighted by molar-refractivity contribution is -0.145. The molecule has 1 saturated heterocycles. The third-order valence-electron chi connectivity index (χ3n) is 5.26. The third kappa shape index (κ3) is 3.93. The Morgan fingerprint density at radius 2 is 1.78 bits per heavy atom. The van der Waals surface area contributed by atoms with Gasteiger partial charge in [0.25, 0.3) is 0 Å². The van der Waals surface area contributed by atoms with Crippen molar-refractivity contribution in [3.05, 3.63) is 59.2 Å². The number of likely N-dealkylation sites (tertiary alicyclic amines) is 1. The van der Waals surface area contributed by atoms with Crippen LogP contribution in [-0.4, -0.2) is 42.8 Å². The van der Waals surface area contributed by atoms with Gasteiger partial charge >= 0.3 is 5.97 Å². The van der Waals surface area contributed by atoms with Crippen LogP contribution in [0.3, 0.4) is 0 Å². The van der Waals surface area contributed by atoms with E-state index in [-0.39, 0.29) is 6.04 Å². The third-order valence-corrected chi connectivity index (χ3v) is 5.26. The van der Waals surface area contributed by atoms with Crippen LogP contribution in [0.15, 0.2) is 42.5 Å². The van der Waals surface area contributed by atoms with E-state index in [1.807, 2.05) is 37.3 Å². The minimum absolute atomic E-state index is 0.252. The van der Waals surface area contributed by atoms with Gasteiger partial charge in [0.15, 0.2) is 0 Å². The van der Waals surface area contributed by atoms with Crippen molar-refractivity contribution < 1.29 is 19.4 Å². The van der Waals surface area contributed by atoms with Gasteiger partial charge in [-0.3, -0.25) is 9.69 Å². The molecule has 0 amide bonds. The highest BCUT2D eigenvalue weighted by Gasteiger charge is 2.37. The van der Waals surface area contributed by atoms with Crippen molar-refractivity contribution in [2.75, 3.05) is 20.8 Å². The fourth-order valence-electron chi connectivity index (χ4n) is 4.04. The van der Waals surface area contributed by atoms with Gasteiger partial charge in [-0.05, 0) is 44.0 Å². The van der Waals surface area contributed by atoms with Gasteiger partial charge in [0.1, 0.15) is 17.5 Å². The maximum Gasteiger partial charge on any atom is 0.320 e. The normalized spacial score (nSPS) is 18.7. The second-order valence-electron chi connectivity index (χ2n) is 6.98. The quantitative estimate of drug-likeness (QED) is 0.833. The molecule has 0 bridgehead atoms. The van der Waals surface area contributed by atoms with E-state index in [0.29, 0.717) is 17.9 Å². The van der Waals surface area contributed by atoms with Crippen LogP contribution >= 0.6 is 0 Å². The molecule has 5 nitrogen and oxygen atoms in total. The summed E-state index contributed by atoms with van der Waals surface area (Å²) in [7, 11) is 3.27. The second-order valence-corrected chi connectivity index (χ2v) is 6.98. The van der Waals surface area contributed by atoms with Gasteiger partial charge < -0.3 is 14.6 Å². The summed E-state index contributed by atoms with van der Waals surface area (Å²) in [5, 5.41) is 9.85. The largest absolute Gasteiger partial charge is 0.496 e. The maximum absolute atomic E-state index is 12.0. The van der Waals surface area contributed by atoms with E-state index in [9.17, 15) is 9.90 Å². The van der Waals surface area contributed by atoms with E-state index in [2.05, 4.69) is 17.0 Å². The number of methoxy groups -OCH3 is 2. The van der Waals surface area contributed by atoms with Crippen molar-refractivity contribution in [1.29, 1.82) is 0 Å². The summed E-state index contributed by atoms with van der Waals surface area (Å²) in [4.78, 5) is 14.1. The van der Waals surface area contributed by atoms with Gasteiger partial charge in [-0.1, -0.05) is 42.3 Å². The molecule has 27 heavy (non-hydrogen) atoms. The van der Waals surface area contributed by atoms with E-state index >= 15 is 0 Å². The summed E-state index contributed by atoms with van der Waals surface area (Å²) in [5.74, 6) is 0.632. The lowest BCUT2D eigenvalue weighted by Crippen LogP contribution is -2.47. The molecule has 1 aliphatic rings. The monoisotopic (exact) mass is 369 g/mol. The Balaban J connectivity index is 2.21. The minimum Gasteiger partial charge on any atom is -0.496 e. The van der Waals surface area contributed by atoms with E-state index in [1.165, 1.54) is 0 Å². The second kappa shape index (κ2) is 8.44. The summed E-state index contributed by atoms with van der Waals surface area (Å²) in [6, 6.07) is 13.1. The summed E-state index contributed by atoms with van der Waals surface area (Å²) < 4.78 is 11.3. The minimum atomic E-state index is -0.777. The summed E-state index contributed by atoms with van der Waals surface area (Å²) >= 11 is 0. The molecule has 1 fully saturated rings. The van der Waals surface area contributed by atoms with E-state index in [4.69, 9.17) is 9.47 Å². The summed E-state index contributed by atoms with van der Waals surface area (Å²) in [6.45, 7) is 2.77. The van der Waals surface area contributed by atoms with Gasteiger partial charge in [-0.25, -0.2) is 0 Å². The standard InChI is InChI=1S/C22H27NO4/c1-15-8-6-9-16(14-15)21(23-13-5-4-10-17(23)22(24)25)20-18(26-2)11-7-12-19(20)27-3/h6-9,11-12,14,17,21H,4-5,10,13H2,1-3H3,(H,24,25). The van der Waals surface area contributed by atoms with Gasteiger partial charge in [0.05, 0.1) is 25.8 Å². The summed E-state index contributed by atoms with van der Waals surface area (Å²) in [5.41, 5.74) is 3.06. The fourth-order valence-corrected chi connectivity index (χ4v) is 4.04. The topological polar surface area (TPSA) is 59.0 Å². The first-order chi connectivity index (χ1) is 13.1. The number of carboxylic acid groups (broad SMARTS) is 1. The molecule has 0 radical (unpaired) electrons. The Bertz CT molecular complexity index is 782. The van der Waals surface area contributed by atoms with Crippen LogP contribution in [0.4, 0.5) is 0 Å². The molecule has 0 spiro atoms. The maximum atomic E-state index is 12.0. The van der Waals surface area contributed by atoms with Crippen LogP contribution in [0.5, 0.6) is 11.5 Å². The van der Waals surface area contributed by atoms with Crippen molar-refractivity contribution >= 4 is 5.97 Å². The molecule has 1 heterocycles.